The first kappa shape index (κ1) is 20.4. The minimum Gasteiger partial charge on any atom is -0.507 e. The average Bonchev–Trinajstić information content (AvgIpc) is 2.71. The van der Waals surface area contributed by atoms with Crippen molar-refractivity contribution in [2.75, 3.05) is 7.11 Å². The highest BCUT2D eigenvalue weighted by atomic mass is 16.5. The molecular formula is C22H16O8. The molecule has 0 heterocycles. The number of carboxylic acids is 2. The van der Waals surface area contributed by atoms with Crippen LogP contribution in [-0.4, -0.2) is 45.3 Å². The van der Waals surface area contributed by atoms with Gasteiger partial charge in [-0.2, -0.15) is 0 Å². The molecule has 3 rings (SSSR count). The molecule has 2 aromatic rings. The summed E-state index contributed by atoms with van der Waals surface area (Å²) in [7, 11) is 1.36. The summed E-state index contributed by atoms with van der Waals surface area (Å²) < 4.78 is 5.13. The van der Waals surface area contributed by atoms with E-state index >= 15 is 0 Å². The summed E-state index contributed by atoms with van der Waals surface area (Å²) in [6.07, 6.45) is 3.71. The molecule has 8 heteroatoms. The van der Waals surface area contributed by atoms with Gasteiger partial charge in [-0.25, -0.2) is 9.59 Å². The number of aromatic hydroxyl groups is 2. The van der Waals surface area contributed by atoms with Crippen LogP contribution in [0, 0.1) is 0 Å². The first-order chi connectivity index (χ1) is 14.2. The van der Waals surface area contributed by atoms with Crippen LogP contribution in [-0.2, 0) is 9.59 Å². The van der Waals surface area contributed by atoms with E-state index in [-0.39, 0.29) is 17.1 Å². The number of carbonyl (C=O) groups excluding carboxylic acids is 1. The Hall–Kier alpha value is -4.33. The number of ether oxygens (including phenoxy) is 1. The fourth-order valence-electron chi connectivity index (χ4n) is 3.05. The highest BCUT2D eigenvalue weighted by Gasteiger charge is 2.22. The van der Waals surface area contributed by atoms with Crippen LogP contribution in [0.15, 0.2) is 65.8 Å². The van der Waals surface area contributed by atoms with Crippen LogP contribution in [0.1, 0.15) is 21.5 Å². The second-order valence-electron chi connectivity index (χ2n) is 6.31. The molecule has 0 amide bonds. The minimum absolute atomic E-state index is 0.126. The first-order valence-corrected chi connectivity index (χ1v) is 8.58. The predicted molar refractivity (Wildman–Crippen MR) is 106 cm³/mol. The Kier molecular flexibility index (Phi) is 5.41. The van der Waals surface area contributed by atoms with Gasteiger partial charge in [0.15, 0.2) is 17.3 Å². The van der Waals surface area contributed by atoms with Crippen molar-refractivity contribution in [2.24, 2.45) is 0 Å². The highest BCUT2D eigenvalue weighted by molar-refractivity contribution is 6.23. The first-order valence-electron chi connectivity index (χ1n) is 8.58. The number of allylic oxidation sites excluding steroid dienone is 4. The Morgan fingerprint density at radius 3 is 2.10 bits per heavy atom. The van der Waals surface area contributed by atoms with E-state index in [4.69, 9.17) is 4.74 Å². The molecule has 0 fully saturated rings. The third-order valence-electron chi connectivity index (χ3n) is 4.48. The molecule has 1 aliphatic rings. The molecule has 0 unspecified atom stereocenters. The van der Waals surface area contributed by atoms with Gasteiger partial charge < -0.3 is 25.2 Å². The molecule has 0 saturated heterocycles. The zero-order chi connectivity index (χ0) is 22.0. The van der Waals surface area contributed by atoms with E-state index in [9.17, 15) is 34.8 Å². The molecule has 8 nitrogen and oxygen atoms in total. The van der Waals surface area contributed by atoms with Crippen LogP contribution in [0.2, 0.25) is 0 Å². The Morgan fingerprint density at radius 2 is 1.50 bits per heavy atom. The Morgan fingerprint density at radius 1 is 0.867 bits per heavy atom. The van der Waals surface area contributed by atoms with E-state index in [1.807, 2.05) is 0 Å². The molecule has 0 aromatic heterocycles. The van der Waals surface area contributed by atoms with Crippen LogP contribution in [0.4, 0.5) is 0 Å². The maximum absolute atomic E-state index is 11.9. The van der Waals surface area contributed by atoms with E-state index in [1.165, 1.54) is 55.7 Å². The van der Waals surface area contributed by atoms with Gasteiger partial charge in [-0.1, -0.05) is 18.2 Å². The van der Waals surface area contributed by atoms with E-state index < -0.39 is 29.0 Å². The van der Waals surface area contributed by atoms with Crippen molar-refractivity contribution >= 4 is 23.3 Å². The van der Waals surface area contributed by atoms with Crippen molar-refractivity contribution in [3.05, 3.63) is 82.5 Å². The third kappa shape index (κ3) is 3.79. The quantitative estimate of drug-likeness (QED) is 0.554. The summed E-state index contributed by atoms with van der Waals surface area (Å²) >= 11 is 0. The van der Waals surface area contributed by atoms with Crippen molar-refractivity contribution in [3.8, 4) is 17.2 Å². The Labute approximate surface area is 170 Å². The molecular weight excluding hydrogens is 392 g/mol. The van der Waals surface area contributed by atoms with Gasteiger partial charge in [-0.3, -0.25) is 4.79 Å². The number of aromatic carboxylic acids is 1. The molecule has 1 aliphatic carbocycles. The van der Waals surface area contributed by atoms with Gasteiger partial charge in [-0.05, 0) is 58.7 Å². The number of phenols is 2. The standard InChI is InChI=1S/C22H16O8/c1-30-19-10-13(4-7-18(19)25)20(11-2-5-16(23)14(8-11)21(26)27)12-3-6-17(24)15(9-12)22(28)29/h2-10,23,25H,1H3,(H,26,27)(H,28,29)/b20-12+. The number of methoxy groups -OCH3 is 1. The van der Waals surface area contributed by atoms with Gasteiger partial charge in [0, 0.05) is 0 Å². The fourth-order valence-corrected chi connectivity index (χ4v) is 3.05. The summed E-state index contributed by atoms with van der Waals surface area (Å²) in [6.45, 7) is 0. The maximum Gasteiger partial charge on any atom is 0.339 e. The van der Waals surface area contributed by atoms with E-state index in [1.54, 1.807) is 0 Å². The minimum atomic E-state index is -1.40. The third-order valence-corrected chi connectivity index (χ3v) is 4.48. The lowest BCUT2D eigenvalue weighted by Gasteiger charge is -2.16. The Balaban J connectivity index is 2.35. The van der Waals surface area contributed by atoms with Crippen molar-refractivity contribution < 1.29 is 39.5 Å². The molecule has 4 N–H and O–H groups in total. The summed E-state index contributed by atoms with van der Waals surface area (Å²) in [5.74, 6) is -3.85. The lowest BCUT2D eigenvalue weighted by molar-refractivity contribution is -0.134. The zero-order valence-electron chi connectivity index (χ0n) is 15.6. The van der Waals surface area contributed by atoms with E-state index in [2.05, 4.69) is 0 Å². The predicted octanol–water partition coefficient (Wildman–Crippen LogP) is 2.76. The second-order valence-corrected chi connectivity index (χ2v) is 6.31. The summed E-state index contributed by atoms with van der Waals surface area (Å²) in [4.78, 5) is 34.8. The van der Waals surface area contributed by atoms with Crippen molar-refractivity contribution in [1.29, 1.82) is 0 Å². The largest absolute Gasteiger partial charge is 0.507 e. The fraction of sp³-hybridized carbons (Fsp3) is 0.0455. The lowest BCUT2D eigenvalue weighted by atomic mass is 9.88. The lowest BCUT2D eigenvalue weighted by Crippen LogP contribution is -2.13. The van der Waals surface area contributed by atoms with Crippen molar-refractivity contribution in [3.63, 3.8) is 0 Å². The van der Waals surface area contributed by atoms with Crippen LogP contribution in [0.5, 0.6) is 17.2 Å². The number of benzene rings is 2. The SMILES string of the molecule is COc1cc(/C(=C2\C=CC(=O)C(C(=O)O)=C2)c2ccc(O)c(C(=O)O)c2)ccc1O. The summed E-state index contributed by atoms with van der Waals surface area (Å²) in [6, 6.07) is 8.29. The summed E-state index contributed by atoms with van der Waals surface area (Å²) in [5, 5.41) is 38.4. The van der Waals surface area contributed by atoms with Crippen molar-refractivity contribution in [1.82, 2.24) is 0 Å². The van der Waals surface area contributed by atoms with Gasteiger partial charge in [0.05, 0.1) is 7.11 Å². The van der Waals surface area contributed by atoms with Gasteiger partial charge >= 0.3 is 11.9 Å². The number of rotatable bonds is 5. The topological polar surface area (TPSA) is 141 Å². The van der Waals surface area contributed by atoms with Crippen LogP contribution >= 0.6 is 0 Å². The molecule has 0 bridgehead atoms. The molecule has 30 heavy (non-hydrogen) atoms. The van der Waals surface area contributed by atoms with Crippen LogP contribution in [0.3, 0.4) is 0 Å². The molecule has 152 valence electrons. The van der Waals surface area contributed by atoms with E-state index in [0.717, 1.165) is 6.08 Å². The molecule has 0 radical (unpaired) electrons. The number of phenolic OH excluding ortho intramolecular Hbond substituents is 1. The summed E-state index contributed by atoms with van der Waals surface area (Å²) in [5.41, 5.74) is 0.692. The number of hydrogen-bond acceptors (Lipinski definition) is 6. The monoisotopic (exact) mass is 408 g/mol. The van der Waals surface area contributed by atoms with E-state index in [0.29, 0.717) is 22.3 Å². The number of ketones is 1. The van der Waals surface area contributed by atoms with Crippen LogP contribution in [0.25, 0.3) is 5.57 Å². The average molecular weight is 408 g/mol. The molecule has 0 atom stereocenters. The number of carboxylic acid groups (broad SMARTS) is 2. The number of aliphatic carboxylic acids is 1. The van der Waals surface area contributed by atoms with Crippen molar-refractivity contribution in [2.45, 2.75) is 0 Å². The van der Waals surface area contributed by atoms with Gasteiger partial charge in [-0.15, -0.1) is 0 Å². The highest BCUT2D eigenvalue weighted by Crippen LogP contribution is 2.36. The molecule has 0 saturated carbocycles. The Bertz CT molecular complexity index is 1170. The zero-order valence-corrected chi connectivity index (χ0v) is 15.6. The van der Waals surface area contributed by atoms with Crippen LogP contribution < -0.4 is 4.74 Å². The van der Waals surface area contributed by atoms with Gasteiger partial charge in [0.2, 0.25) is 0 Å². The molecule has 0 spiro atoms. The second kappa shape index (κ2) is 7.96. The number of carbonyl (C=O) groups is 3. The molecule has 2 aromatic carbocycles. The maximum atomic E-state index is 11.9. The van der Waals surface area contributed by atoms with Gasteiger partial charge in [0.25, 0.3) is 0 Å². The smallest absolute Gasteiger partial charge is 0.339 e. The van der Waals surface area contributed by atoms with Gasteiger partial charge in [0.1, 0.15) is 16.9 Å². The number of hydrogen-bond donors (Lipinski definition) is 4. The normalized spacial score (nSPS) is 14.8. The molecule has 0 aliphatic heterocycles.